The van der Waals surface area contributed by atoms with Gasteiger partial charge in [0.15, 0.2) is 0 Å². The lowest BCUT2D eigenvalue weighted by Gasteiger charge is -2.26. The highest BCUT2D eigenvalue weighted by Gasteiger charge is 2.18. The first-order valence-electron chi connectivity index (χ1n) is 5.67. The lowest BCUT2D eigenvalue weighted by atomic mass is 10.1. The monoisotopic (exact) mass is 230 g/mol. The average molecular weight is 230 g/mol. The summed E-state index contributed by atoms with van der Waals surface area (Å²) in [6.45, 7) is 2.41. The van der Waals surface area contributed by atoms with Gasteiger partial charge in [0, 0.05) is 30.1 Å². The van der Waals surface area contributed by atoms with E-state index in [1.807, 2.05) is 24.5 Å². The Morgan fingerprint density at radius 1 is 1.41 bits per heavy atom. The highest BCUT2D eigenvalue weighted by atomic mass is 16.5. The molecule has 0 aromatic carbocycles. The van der Waals surface area contributed by atoms with Crippen molar-refractivity contribution in [2.24, 2.45) is 0 Å². The maximum absolute atomic E-state index is 5.12. The van der Waals surface area contributed by atoms with Gasteiger partial charge in [0.2, 0.25) is 0 Å². The third-order valence-corrected chi connectivity index (χ3v) is 2.89. The number of aromatic amines is 1. The van der Waals surface area contributed by atoms with Crippen molar-refractivity contribution in [3.05, 3.63) is 36.3 Å². The molecular weight excluding hydrogens is 216 g/mol. The Labute approximate surface area is 99.2 Å². The van der Waals surface area contributed by atoms with E-state index in [2.05, 4.69) is 20.5 Å². The van der Waals surface area contributed by atoms with Crippen LogP contribution in [0.15, 0.2) is 30.7 Å². The number of H-pyrrole nitrogens is 1. The molecule has 2 aromatic heterocycles. The smallest absolute Gasteiger partial charge is 0.0710 e. The predicted octanol–water partition coefficient (Wildman–Crippen LogP) is 0.960. The van der Waals surface area contributed by atoms with E-state index in [-0.39, 0.29) is 0 Å². The maximum atomic E-state index is 5.12. The lowest BCUT2D eigenvalue weighted by molar-refractivity contribution is -0.00576. The molecule has 2 aromatic rings. The zero-order chi connectivity index (χ0) is 11.5. The van der Waals surface area contributed by atoms with Crippen LogP contribution in [0.2, 0.25) is 0 Å². The molecule has 17 heavy (non-hydrogen) atoms. The third-order valence-electron chi connectivity index (χ3n) is 2.89. The van der Waals surface area contributed by atoms with Gasteiger partial charge < -0.3 is 10.1 Å². The fourth-order valence-corrected chi connectivity index (χ4v) is 1.81. The molecule has 5 nitrogen and oxygen atoms in total. The minimum Gasteiger partial charge on any atom is -0.378 e. The van der Waals surface area contributed by atoms with Crippen LogP contribution in [0.25, 0.3) is 11.3 Å². The second-order valence-corrected chi connectivity index (χ2v) is 4.13. The molecule has 1 aliphatic heterocycles. The van der Waals surface area contributed by atoms with Gasteiger partial charge in [-0.3, -0.25) is 10.1 Å². The topological polar surface area (TPSA) is 62.8 Å². The van der Waals surface area contributed by atoms with E-state index in [4.69, 9.17) is 4.74 Å². The number of aromatic nitrogens is 3. The normalized spacial score (nSPS) is 15.8. The van der Waals surface area contributed by atoms with E-state index in [1.165, 1.54) is 0 Å². The van der Waals surface area contributed by atoms with Crippen LogP contribution in [-0.4, -0.2) is 34.4 Å². The molecule has 2 N–H and O–H groups in total. The molecule has 0 bridgehead atoms. The van der Waals surface area contributed by atoms with Crippen LogP contribution < -0.4 is 5.32 Å². The molecule has 0 amide bonds. The van der Waals surface area contributed by atoms with Gasteiger partial charge in [-0.25, -0.2) is 0 Å². The number of nitrogens with zero attached hydrogens (tertiary/aromatic N) is 2. The fraction of sp³-hybridized carbons (Fsp3) is 0.333. The zero-order valence-corrected chi connectivity index (χ0v) is 9.39. The Balaban J connectivity index is 1.74. The SMILES string of the molecule is c1cncc(-c2[nH]ncc2CNC2COC2)c1. The molecule has 0 saturated carbocycles. The van der Waals surface area contributed by atoms with Crippen molar-refractivity contribution in [3.8, 4) is 11.3 Å². The Morgan fingerprint density at radius 2 is 2.35 bits per heavy atom. The molecule has 0 atom stereocenters. The first kappa shape index (κ1) is 10.4. The number of hydrogen-bond donors (Lipinski definition) is 2. The first-order chi connectivity index (χ1) is 8.43. The quantitative estimate of drug-likeness (QED) is 0.821. The Hall–Kier alpha value is -1.72. The van der Waals surface area contributed by atoms with Crippen molar-refractivity contribution in [2.45, 2.75) is 12.6 Å². The molecule has 0 spiro atoms. The summed E-state index contributed by atoms with van der Waals surface area (Å²) in [5.41, 5.74) is 3.25. The molecule has 1 saturated heterocycles. The summed E-state index contributed by atoms with van der Waals surface area (Å²) < 4.78 is 5.12. The van der Waals surface area contributed by atoms with E-state index >= 15 is 0 Å². The van der Waals surface area contributed by atoms with Gasteiger partial charge in [-0.2, -0.15) is 5.10 Å². The van der Waals surface area contributed by atoms with Crippen molar-refractivity contribution in [1.29, 1.82) is 0 Å². The molecule has 0 unspecified atom stereocenters. The van der Waals surface area contributed by atoms with Gasteiger partial charge in [-0.15, -0.1) is 0 Å². The number of ether oxygens (including phenoxy) is 1. The first-order valence-corrected chi connectivity index (χ1v) is 5.67. The van der Waals surface area contributed by atoms with Gasteiger partial charge in [0.1, 0.15) is 0 Å². The standard InChI is InChI=1S/C12H14N4O/c1-2-9(4-13-3-1)12-10(6-15-16-12)5-14-11-7-17-8-11/h1-4,6,11,14H,5,7-8H2,(H,15,16). The van der Waals surface area contributed by atoms with Crippen LogP contribution in [0, 0.1) is 0 Å². The van der Waals surface area contributed by atoms with E-state index in [9.17, 15) is 0 Å². The molecule has 5 heteroatoms. The second kappa shape index (κ2) is 4.65. The minimum absolute atomic E-state index is 0.478. The highest BCUT2D eigenvalue weighted by Crippen LogP contribution is 2.19. The van der Waals surface area contributed by atoms with Crippen molar-refractivity contribution in [1.82, 2.24) is 20.5 Å². The minimum atomic E-state index is 0.478. The van der Waals surface area contributed by atoms with Crippen LogP contribution in [0.5, 0.6) is 0 Å². The third kappa shape index (κ3) is 2.20. The fourth-order valence-electron chi connectivity index (χ4n) is 1.81. The number of hydrogen-bond acceptors (Lipinski definition) is 4. The van der Waals surface area contributed by atoms with Crippen LogP contribution in [-0.2, 0) is 11.3 Å². The largest absolute Gasteiger partial charge is 0.378 e. The highest BCUT2D eigenvalue weighted by molar-refractivity contribution is 5.61. The van der Waals surface area contributed by atoms with Crippen LogP contribution in [0.4, 0.5) is 0 Å². The number of nitrogens with one attached hydrogen (secondary N) is 2. The number of rotatable bonds is 4. The Bertz CT molecular complexity index is 478. The van der Waals surface area contributed by atoms with Crippen LogP contribution >= 0.6 is 0 Å². The molecule has 88 valence electrons. The second-order valence-electron chi connectivity index (χ2n) is 4.13. The Kier molecular flexibility index (Phi) is 2.85. The van der Waals surface area contributed by atoms with Gasteiger partial charge >= 0.3 is 0 Å². The van der Waals surface area contributed by atoms with Crippen LogP contribution in [0.1, 0.15) is 5.56 Å². The molecule has 0 radical (unpaired) electrons. The summed E-state index contributed by atoms with van der Waals surface area (Å²) in [5.74, 6) is 0. The lowest BCUT2D eigenvalue weighted by Crippen LogP contribution is -2.45. The molecule has 3 rings (SSSR count). The molecule has 1 aliphatic rings. The predicted molar refractivity (Wildman–Crippen MR) is 63.3 cm³/mol. The van der Waals surface area contributed by atoms with E-state index in [0.717, 1.165) is 36.6 Å². The Morgan fingerprint density at radius 3 is 3.06 bits per heavy atom. The molecular formula is C12H14N4O. The van der Waals surface area contributed by atoms with Gasteiger partial charge in [-0.1, -0.05) is 0 Å². The molecule has 3 heterocycles. The average Bonchev–Trinajstić information content (AvgIpc) is 2.76. The van der Waals surface area contributed by atoms with Crippen molar-refractivity contribution in [3.63, 3.8) is 0 Å². The van der Waals surface area contributed by atoms with E-state index in [0.29, 0.717) is 6.04 Å². The van der Waals surface area contributed by atoms with Gasteiger partial charge in [0.05, 0.1) is 31.1 Å². The van der Waals surface area contributed by atoms with Crippen molar-refractivity contribution in [2.75, 3.05) is 13.2 Å². The molecule has 0 aliphatic carbocycles. The summed E-state index contributed by atoms with van der Waals surface area (Å²) in [7, 11) is 0. The zero-order valence-electron chi connectivity index (χ0n) is 9.39. The van der Waals surface area contributed by atoms with Crippen LogP contribution in [0.3, 0.4) is 0 Å². The maximum Gasteiger partial charge on any atom is 0.0710 e. The van der Waals surface area contributed by atoms with Gasteiger partial charge in [0.25, 0.3) is 0 Å². The number of pyridine rings is 1. The van der Waals surface area contributed by atoms with Gasteiger partial charge in [-0.05, 0) is 12.1 Å². The van der Waals surface area contributed by atoms with E-state index < -0.39 is 0 Å². The molecule has 1 fully saturated rings. The van der Waals surface area contributed by atoms with Crippen molar-refractivity contribution >= 4 is 0 Å². The summed E-state index contributed by atoms with van der Waals surface area (Å²) in [6, 6.07) is 4.43. The van der Waals surface area contributed by atoms with Crippen molar-refractivity contribution < 1.29 is 4.74 Å². The summed E-state index contributed by atoms with van der Waals surface area (Å²) in [4.78, 5) is 4.12. The summed E-state index contributed by atoms with van der Waals surface area (Å²) in [5, 5.41) is 10.5. The van der Waals surface area contributed by atoms with E-state index in [1.54, 1.807) is 6.20 Å². The summed E-state index contributed by atoms with van der Waals surface area (Å²) >= 11 is 0. The summed E-state index contributed by atoms with van der Waals surface area (Å²) in [6.07, 6.45) is 5.46.